The molecular weight excluding hydrogens is 168 g/mol. The van der Waals surface area contributed by atoms with Crippen LogP contribution in [-0.2, 0) is 14.3 Å². The highest BCUT2D eigenvalue weighted by molar-refractivity contribution is 5.69. The summed E-state index contributed by atoms with van der Waals surface area (Å²) in [6.45, 7) is 6.46. The van der Waals surface area contributed by atoms with Crippen molar-refractivity contribution in [1.82, 2.24) is 0 Å². The molecule has 1 atom stereocenters. The van der Waals surface area contributed by atoms with Gasteiger partial charge in [0.15, 0.2) is 0 Å². The van der Waals surface area contributed by atoms with Crippen LogP contribution >= 0.6 is 0 Å². The minimum Gasteiger partial charge on any atom is -0.463 e. The van der Waals surface area contributed by atoms with Crippen molar-refractivity contribution in [2.45, 2.75) is 51.7 Å². The lowest BCUT2D eigenvalue weighted by atomic mass is 10.1. The van der Waals surface area contributed by atoms with E-state index in [1.54, 1.807) is 0 Å². The van der Waals surface area contributed by atoms with E-state index in [0.717, 1.165) is 12.8 Å². The largest absolute Gasteiger partial charge is 0.463 e. The maximum atomic E-state index is 11.1. The Balaban J connectivity index is 2.03. The molecule has 0 saturated carbocycles. The third-order valence-corrected chi connectivity index (χ3v) is 2.29. The number of ether oxygens (including phenoxy) is 2. The molecule has 1 aliphatic heterocycles. The van der Waals surface area contributed by atoms with Crippen LogP contribution in [0, 0.1) is 0 Å². The first kappa shape index (κ1) is 10.5. The fourth-order valence-electron chi connectivity index (χ4n) is 1.13. The standard InChI is InChI=1S/C10H18O3/c1-4-5-6-9(11)12-7-8-10(2,3)13-8/h8H,4-7H2,1-3H3. The molecule has 0 amide bonds. The number of carbonyl (C=O) groups is 1. The van der Waals surface area contributed by atoms with Gasteiger partial charge in [0.1, 0.15) is 12.7 Å². The Morgan fingerprint density at radius 2 is 2.15 bits per heavy atom. The number of esters is 1. The van der Waals surface area contributed by atoms with E-state index < -0.39 is 0 Å². The van der Waals surface area contributed by atoms with Crippen molar-refractivity contribution in [2.75, 3.05) is 6.61 Å². The molecule has 0 spiro atoms. The average molecular weight is 186 g/mol. The lowest BCUT2D eigenvalue weighted by molar-refractivity contribution is -0.144. The van der Waals surface area contributed by atoms with Crippen LogP contribution in [-0.4, -0.2) is 24.3 Å². The normalized spacial score (nSPS) is 24.1. The molecule has 1 fully saturated rings. The lowest BCUT2D eigenvalue weighted by Crippen LogP contribution is -2.14. The van der Waals surface area contributed by atoms with Crippen LogP contribution in [0.25, 0.3) is 0 Å². The molecule has 13 heavy (non-hydrogen) atoms. The molecule has 0 bridgehead atoms. The van der Waals surface area contributed by atoms with E-state index in [9.17, 15) is 4.79 Å². The van der Waals surface area contributed by atoms with E-state index in [1.165, 1.54) is 0 Å². The van der Waals surface area contributed by atoms with Crippen LogP contribution in [0.1, 0.15) is 40.0 Å². The van der Waals surface area contributed by atoms with Gasteiger partial charge in [0.2, 0.25) is 0 Å². The topological polar surface area (TPSA) is 38.8 Å². The first-order valence-electron chi connectivity index (χ1n) is 4.89. The predicted molar refractivity (Wildman–Crippen MR) is 49.4 cm³/mol. The van der Waals surface area contributed by atoms with Crippen molar-refractivity contribution in [3.63, 3.8) is 0 Å². The lowest BCUT2D eigenvalue weighted by Gasteiger charge is -2.02. The van der Waals surface area contributed by atoms with Gasteiger partial charge in [-0.2, -0.15) is 0 Å². The molecule has 0 aromatic carbocycles. The Morgan fingerprint density at radius 1 is 1.54 bits per heavy atom. The van der Waals surface area contributed by atoms with Gasteiger partial charge in [-0.05, 0) is 20.3 Å². The van der Waals surface area contributed by atoms with Crippen molar-refractivity contribution < 1.29 is 14.3 Å². The quantitative estimate of drug-likeness (QED) is 0.486. The summed E-state index contributed by atoms with van der Waals surface area (Å²) in [5.74, 6) is -0.104. The number of rotatable bonds is 5. The summed E-state index contributed by atoms with van der Waals surface area (Å²) < 4.78 is 10.3. The summed E-state index contributed by atoms with van der Waals surface area (Å²) in [5, 5.41) is 0. The van der Waals surface area contributed by atoms with Gasteiger partial charge in [-0.1, -0.05) is 13.3 Å². The molecule has 1 saturated heterocycles. The van der Waals surface area contributed by atoms with E-state index >= 15 is 0 Å². The van der Waals surface area contributed by atoms with Crippen molar-refractivity contribution >= 4 is 5.97 Å². The van der Waals surface area contributed by atoms with Crippen LogP contribution in [0.4, 0.5) is 0 Å². The van der Waals surface area contributed by atoms with Crippen molar-refractivity contribution in [1.29, 1.82) is 0 Å². The molecule has 0 aromatic rings. The molecule has 0 aromatic heterocycles. The minimum absolute atomic E-state index is 0.0783. The minimum atomic E-state index is -0.104. The van der Waals surface area contributed by atoms with E-state index in [2.05, 4.69) is 6.92 Å². The number of epoxide rings is 1. The van der Waals surface area contributed by atoms with E-state index in [4.69, 9.17) is 9.47 Å². The Labute approximate surface area is 79.4 Å². The second-order valence-electron chi connectivity index (χ2n) is 4.00. The first-order chi connectivity index (χ1) is 6.06. The molecule has 76 valence electrons. The number of hydrogen-bond donors (Lipinski definition) is 0. The SMILES string of the molecule is CCCCC(=O)OCC1OC1(C)C. The van der Waals surface area contributed by atoms with Crippen LogP contribution < -0.4 is 0 Å². The van der Waals surface area contributed by atoms with Gasteiger partial charge in [0.05, 0.1) is 5.60 Å². The molecule has 1 rings (SSSR count). The van der Waals surface area contributed by atoms with Gasteiger partial charge in [-0.25, -0.2) is 0 Å². The molecule has 1 heterocycles. The Hall–Kier alpha value is -0.570. The number of carbonyl (C=O) groups excluding carboxylic acids is 1. The van der Waals surface area contributed by atoms with E-state index in [1.807, 2.05) is 13.8 Å². The fraction of sp³-hybridized carbons (Fsp3) is 0.900. The fourth-order valence-corrected chi connectivity index (χ4v) is 1.13. The summed E-state index contributed by atoms with van der Waals surface area (Å²) in [6, 6.07) is 0. The summed E-state index contributed by atoms with van der Waals surface area (Å²) in [5.41, 5.74) is -0.0783. The van der Waals surface area contributed by atoms with E-state index in [0.29, 0.717) is 13.0 Å². The molecule has 3 nitrogen and oxygen atoms in total. The number of hydrogen-bond acceptors (Lipinski definition) is 3. The van der Waals surface area contributed by atoms with Crippen molar-refractivity contribution in [3.8, 4) is 0 Å². The Kier molecular flexibility index (Phi) is 3.31. The highest BCUT2D eigenvalue weighted by atomic mass is 16.6. The summed E-state index contributed by atoms with van der Waals surface area (Å²) in [6.07, 6.45) is 2.58. The van der Waals surface area contributed by atoms with Gasteiger partial charge >= 0.3 is 5.97 Å². The molecular formula is C10H18O3. The third-order valence-electron chi connectivity index (χ3n) is 2.29. The van der Waals surface area contributed by atoms with E-state index in [-0.39, 0.29) is 17.7 Å². The van der Waals surface area contributed by atoms with Crippen LogP contribution in [0.5, 0.6) is 0 Å². The molecule has 1 unspecified atom stereocenters. The number of unbranched alkanes of at least 4 members (excludes halogenated alkanes) is 1. The zero-order valence-corrected chi connectivity index (χ0v) is 8.63. The monoisotopic (exact) mass is 186 g/mol. The van der Waals surface area contributed by atoms with Crippen LogP contribution in [0.3, 0.4) is 0 Å². The Morgan fingerprint density at radius 3 is 2.62 bits per heavy atom. The molecule has 0 aliphatic carbocycles. The zero-order valence-electron chi connectivity index (χ0n) is 8.63. The predicted octanol–water partition coefficient (Wildman–Crippen LogP) is 1.90. The zero-order chi connectivity index (χ0) is 9.90. The summed E-state index contributed by atoms with van der Waals surface area (Å²) in [4.78, 5) is 11.1. The third kappa shape index (κ3) is 3.35. The molecule has 1 aliphatic rings. The van der Waals surface area contributed by atoms with Crippen molar-refractivity contribution in [2.24, 2.45) is 0 Å². The van der Waals surface area contributed by atoms with Gasteiger partial charge in [-0.3, -0.25) is 4.79 Å². The van der Waals surface area contributed by atoms with Gasteiger partial charge in [0, 0.05) is 6.42 Å². The molecule has 3 heteroatoms. The van der Waals surface area contributed by atoms with Crippen molar-refractivity contribution in [3.05, 3.63) is 0 Å². The second kappa shape index (κ2) is 4.09. The smallest absolute Gasteiger partial charge is 0.305 e. The highest BCUT2D eigenvalue weighted by Gasteiger charge is 2.48. The second-order valence-corrected chi connectivity index (χ2v) is 4.00. The molecule has 0 radical (unpaired) electrons. The maximum Gasteiger partial charge on any atom is 0.305 e. The van der Waals surface area contributed by atoms with Gasteiger partial charge in [-0.15, -0.1) is 0 Å². The average Bonchev–Trinajstić information content (AvgIpc) is 2.67. The first-order valence-corrected chi connectivity index (χ1v) is 4.89. The summed E-state index contributed by atoms with van der Waals surface area (Å²) >= 11 is 0. The van der Waals surface area contributed by atoms with Crippen LogP contribution in [0.2, 0.25) is 0 Å². The Bertz CT molecular complexity index is 187. The highest BCUT2D eigenvalue weighted by Crippen LogP contribution is 2.35. The van der Waals surface area contributed by atoms with Gasteiger partial charge in [0.25, 0.3) is 0 Å². The summed E-state index contributed by atoms with van der Waals surface area (Å²) in [7, 11) is 0. The van der Waals surface area contributed by atoms with Gasteiger partial charge < -0.3 is 9.47 Å². The van der Waals surface area contributed by atoms with Crippen LogP contribution in [0.15, 0.2) is 0 Å². The molecule has 0 N–H and O–H groups in total. The maximum absolute atomic E-state index is 11.1.